The Hall–Kier alpha value is -4.51. The topological polar surface area (TPSA) is 123 Å². The average molecular weight is 519 g/mol. The Bertz CT molecular complexity index is 1620. The molecule has 10 nitrogen and oxygen atoms in total. The van der Waals surface area contributed by atoms with Crippen molar-refractivity contribution < 1.29 is 29.0 Å². The molecule has 4 heterocycles. The molecule has 11 heteroatoms. The molecular formula is C26H22N4O6S. The predicted octanol–water partition coefficient (Wildman–Crippen LogP) is 3.83. The molecule has 188 valence electrons. The summed E-state index contributed by atoms with van der Waals surface area (Å²) in [7, 11) is 2.76. The number of Topliss-reactive ketones (excluding diaryl/α,β-unsaturated/α-hetero) is 1. The van der Waals surface area contributed by atoms with Gasteiger partial charge in [-0.25, -0.2) is 14.8 Å². The molecule has 1 atom stereocenters. The van der Waals surface area contributed by atoms with Crippen molar-refractivity contribution in [1.29, 1.82) is 0 Å². The van der Waals surface area contributed by atoms with Crippen molar-refractivity contribution in [1.82, 2.24) is 14.4 Å². The molecule has 1 N–H and O–H groups in total. The Morgan fingerprint density at radius 3 is 2.57 bits per heavy atom. The number of carbonyl (C=O) groups excluding carboxylic acids is 3. The zero-order valence-electron chi connectivity index (χ0n) is 20.4. The van der Waals surface area contributed by atoms with Crippen LogP contribution in [0.1, 0.15) is 38.4 Å². The van der Waals surface area contributed by atoms with Crippen LogP contribution in [-0.2, 0) is 14.3 Å². The van der Waals surface area contributed by atoms with Crippen molar-refractivity contribution in [2.45, 2.75) is 19.9 Å². The standard InChI is InChI=1S/C26H22N4O6S/c1-13-19(29-11-6-5-10-17(29)27-13)21(31)18-20(15-8-7-9-16(12-15)35-3)30(24(33)22(18)32)26-28-14(2)23(37-26)25(34)36-4/h5-12,20,31H,1-4H3. The van der Waals surface area contributed by atoms with E-state index in [1.165, 1.54) is 19.1 Å². The molecule has 1 aliphatic heterocycles. The lowest BCUT2D eigenvalue weighted by Gasteiger charge is -2.23. The number of hydrogen-bond donors (Lipinski definition) is 1. The third-order valence-electron chi connectivity index (χ3n) is 6.14. The number of ether oxygens (including phenoxy) is 2. The Balaban J connectivity index is 1.77. The summed E-state index contributed by atoms with van der Waals surface area (Å²) in [6.45, 7) is 3.33. The first-order valence-electron chi connectivity index (χ1n) is 11.2. The minimum Gasteiger partial charge on any atom is -0.505 e. The number of nitrogens with zero attached hydrogens (tertiary/aromatic N) is 4. The van der Waals surface area contributed by atoms with Gasteiger partial charge in [0.05, 0.1) is 37.2 Å². The number of methoxy groups -OCH3 is 2. The maximum atomic E-state index is 13.5. The van der Waals surface area contributed by atoms with Crippen LogP contribution < -0.4 is 9.64 Å². The second-order valence-electron chi connectivity index (χ2n) is 8.32. The second kappa shape index (κ2) is 9.17. The zero-order valence-corrected chi connectivity index (χ0v) is 21.2. The van der Waals surface area contributed by atoms with Gasteiger partial charge in [-0.05, 0) is 43.7 Å². The van der Waals surface area contributed by atoms with Crippen LogP contribution in [0.15, 0.2) is 54.2 Å². The number of aliphatic hydroxyl groups excluding tert-OH is 1. The maximum absolute atomic E-state index is 13.5. The number of rotatable bonds is 5. The zero-order chi connectivity index (χ0) is 26.4. The van der Waals surface area contributed by atoms with Gasteiger partial charge < -0.3 is 14.6 Å². The van der Waals surface area contributed by atoms with Crippen LogP contribution in [0.3, 0.4) is 0 Å². The molecule has 1 unspecified atom stereocenters. The van der Waals surface area contributed by atoms with Crippen LogP contribution in [-0.4, -0.2) is 51.4 Å². The number of hydrogen-bond acceptors (Lipinski definition) is 9. The molecule has 0 aliphatic carbocycles. The van der Waals surface area contributed by atoms with Gasteiger partial charge >= 0.3 is 11.9 Å². The molecule has 0 spiro atoms. The number of aliphatic hydroxyl groups is 1. The van der Waals surface area contributed by atoms with Gasteiger partial charge in [-0.15, -0.1) is 0 Å². The molecular weight excluding hydrogens is 496 g/mol. The highest BCUT2D eigenvalue weighted by Gasteiger charge is 2.49. The number of amides is 1. The summed E-state index contributed by atoms with van der Waals surface area (Å²) in [5.74, 6) is -2.24. The summed E-state index contributed by atoms with van der Waals surface area (Å²) in [4.78, 5) is 49.5. The summed E-state index contributed by atoms with van der Waals surface area (Å²) < 4.78 is 11.9. The molecule has 4 aromatic rings. The fourth-order valence-electron chi connectivity index (χ4n) is 4.45. The van der Waals surface area contributed by atoms with E-state index in [1.807, 2.05) is 6.07 Å². The van der Waals surface area contributed by atoms with Crippen molar-refractivity contribution >= 4 is 45.5 Å². The number of pyridine rings is 1. The lowest BCUT2D eigenvalue weighted by molar-refractivity contribution is -0.132. The number of anilines is 1. The van der Waals surface area contributed by atoms with E-state index in [0.717, 1.165) is 11.3 Å². The minimum atomic E-state index is -1.04. The van der Waals surface area contributed by atoms with Crippen LogP contribution in [0, 0.1) is 13.8 Å². The number of imidazole rings is 1. The lowest BCUT2D eigenvalue weighted by Crippen LogP contribution is -2.29. The number of esters is 1. The second-order valence-corrected chi connectivity index (χ2v) is 9.30. The number of aryl methyl sites for hydroxylation is 2. The van der Waals surface area contributed by atoms with E-state index in [2.05, 4.69) is 9.97 Å². The summed E-state index contributed by atoms with van der Waals surface area (Å²) >= 11 is 0.935. The van der Waals surface area contributed by atoms with E-state index in [9.17, 15) is 19.5 Å². The van der Waals surface area contributed by atoms with Gasteiger partial charge in [-0.1, -0.05) is 29.5 Å². The molecule has 1 saturated heterocycles. The molecule has 1 amide bonds. The number of carbonyl (C=O) groups is 3. The van der Waals surface area contributed by atoms with Crippen molar-refractivity contribution in [3.05, 3.63) is 81.8 Å². The molecule has 37 heavy (non-hydrogen) atoms. The summed E-state index contributed by atoms with van der Waals surface area (Å²) in [5.41, 5.74) is 2.10. The van der Waals surface area contributed by atoms with Gasteiger partial charge in [0, 0.05) is 6.20 Å². The molecule has 1 fully saturated rings. The van der Waals surface area contributed by atoms with E-state index in [4.69, 9.17) is 9.47 Å². The number of fused-ring (bicyclic) bond motifs is 1. The molecule has 0 radical (unpaired) electrons. The third kappa shape index (κ3) is 3.84. The Kier molecular flexibility index (Phi) is 6.00. The Morgan fingerprint density at radius 2 is 1.84 bits per heavy atom. The summed E-state index contributed by atoms with van der Waals surface area (Å²) in [6.07, 6.45) is 1.72. The summed E-state index contributed by atoms with van der Waals surface area (Å²) in [6, 6.07) is 11.2. The number of thiazole rings is 1. The monoisotopic (exact) mass is 518 g/mol. The fourth-order valence-corrected chi connectivity index (χ4v) is 5.46. The van der Waals surface area contributed by atoms with Gasteiger partial charge in [0.2, 0.25) is 0 Å². The van der Waals surface area contributed by atoms with Gasteiger partial charge in [0.25, 0.3) is 5.78 Å². The summed E-state index contributed by atoms with van der Waals surface area (Å²) in [5, 5.41) is 11.7. The number of benzene rings is 1. The predicted molar refractivity (Wildman–Crippen MR) is 136 cm³/mol. The van der Waals surface area contributed by atoms with Gasteiger partial charge in [0.1, 0.15) is 22.0 Å². The molecule has 0 bridgehead atoms. The fraction of sp³-hybridized carbons (Fsp3) is 0.192. The average Bonchev–Trinajstić information content (AvgIpc) is 3.53. The SMILES string of the molecule is COC(=O)c1sc(N2C(=O)C(=O)C(=C(O)c3c(C)nc4ccccn34)C2c2cccc(OC)c2)nc1C. The van der Waals surface area contributed by atoms with Crippen molar-refractivity contribution in [3.63, 3.8) is 0 Å². The maximum Gasteiger partial charge on any atom is 0.350 e. The van der Waals surface area contributed by atoms with Crippen LogP contribution >= 0.6 is 11.3 Å². The van der Waals surface area contributed by atoms with Crippen LogP contribution in [0.4, 0.5) is 5.13 Å². The highest BCUT2D eigenvalue weighted by Crippen LogP contribution is 2.44. The molecule has 5 rings (SSSR count). The van der Waals surface area contributed by atoms with E-state index in [0.29, 0.717) is 34.0 Å². The van der Waals surface area contributed by atoms with E-state index in [1.54, 1.807) is 60.8 Å². The normalized spacial score (nSPS) is 17.0. The number of ketones is 1. The largest absolute Gasteiger partial charge is 0.505 e. The van der Waals surface area contributed by atoms with Gasteiger partial charge in [0.15, 0.2) is 10.9 Å². The molecule has 1 aliphatic rings. The molecule has 1 aromatic carbocycles. The first kappa shape index (κ1) is 24.2. The quantitative estimate of drug-likeness (QED) is 0.183. The van der Waals surface area contributed by atoms with Crippen molar-refractivity contribution in [3.8, 4) is 5.75 Å². The van der Waals surface area contributed by atoms with E-state index < -0.39 is 23.7 Å². The van der Waals surface area contributed by atoms with Crippen molar-refractivity contribution in [2.75, 3.05) is 19.1 Å². The van der Waals surface area contributed by atoms with E-state index in [-0.39, 0.29) is 21.3 Å². The Morgan fingerprint density at radius 1 is 1.05 bits per heavy atom. The molecule has 3 aromatic heterocycles. The first-order chi connectivity index (χ1) is 17.8. The highest BCUT2D eigenvalue weighted by atomic mass is 32.1. The van der Waals surface area contributed by atoms with Crippen LogP contribution in [0.5, 0.6) is 5.75 Å². The first-order valence-corrected chi connectivity index (χ1v) is 12.0. The van der Waals surface area contributed by atoms with Crippen LogP contribution in [0.25, 0.3) is 11.4 Å². The van der Waals surface area contributed by atoms with Gasteiger partial charge in [-0.2, -0.15) is 0 Å². The van der Waals surface area contributed by atoms with Crippen LogP contribution in [0.2, 0.25) is 0 Å². The van der Waals surface area contributed by atoms with Gasteiger partial charge in [-0.3, -0.25) is 18.9 Å². The minimum absolute atomic E-state index is 0.125. The van der Waals surface area contributed by atoms with E-state index >= 15 is 0 Å². The third-order valence-corrected chi connectivity index (χ3v) is 7.28. The van der Waals surface area contributed by atoms with Crippen molar-refractivity contribution in [2.24, 2.45) is 0 Å². The number of aromatic nitrogens is 3. The smallest absolute Gasteiger partial charge is 0.350 e. The highest BCUT2D eigenvalue weighted by molar-refractivity contribution is 7.17. The lowest BCUT2D eigenvalue weighted by atomic mass is 9.96. The molecule has 0 saturated carbocycles. The Labute approximate surface area is 215 Å².